The van der Waals surface area contributed by atoms with Gasteiger partial charge >= 0.3 is 0 Å². The van der Waals surface area contributed by atoms with Crippen LogP contribution in [-0.2, 0) is 0 Å². The second-order valence-electron chi connectivity index (χ2n) is 5.25. The van der Waals surface area contributed by atoms with Crippen LogP contribution in [0.5, 0.6) is 5.88 Å². The van der Waals surface area contributed by atoms with Gasteiger partial charge in [0.1, 0.15) is 12.1 Å². The zero-order valence-electron chi connectivity index (χ0n) is 12.5. The van der Waals surface area contributed by atoms with Gasteiger partial charge in [-0.1, -0.05) is 18.2 Å². The molecule has 4 nitrogen and oxygen atoms in total. The van der Waals surface area contributed by atoms with Gasteiger partial charge in [-0.05, 0) is 37.6 Å². The van der Waals surface area contributed by atoms with Gasteiger partial charge in [0.25, 0.3) is 0 Å². The summed E-state index contributed by atoms with van der Waals surface area (Å²) in [5.41, 5.74) is 3.05. The molecule has 1 aromatic carbocycles. The van der Waals surface area contributed by atoms with E-state index in [4.69, 9.17) is 4.74 Å². The number of ether oxygens (including phenoxy) is 1. The smallest absolute Gasteiger partial charge is 0.243 e. The summed E-state index contributed by atoms with van der Waals surface area (Å²) in [6, 6.07) is 6.31. The number of aliphatic imine (C=N–C) groups is 1. The van der Waals surface area contributed by atoms with Crippen LogP contribution in [0.3, 0.4) is 0 Å². The van der Waals surface area contributed by atoms with E-state index in [1.165, 1.54) is 18.5 Å². The minimum absolute atomic E-state index is 0.00398. The molecule has 0 saturated carbocycles. The standard InChI is InChI=1S/C17H16FN3O/c1-11(2)22-17-16-15(19-10-20-17)5-3-4-14(21-16)12-6-8-13(18)9-7-12/h3,5-11H,4H2,1-2H3. The maximum absolute atomic E-state index is 13.1. The minimum atomic E-state index is -0.263. The van der Waals surface area contributed by atoms with E-state index in [0.29, 0.717) is 18.0 Å². The van der Waals surface area contributed by atoms with Gasteiger partial charge in [-0.25, -0.2) is 14.4 Å². The maximum atomic E-state index is 13.1. The van der Waals surface area contributed by atoms with Crippen LogP contribution >= 0.6 is 0 Å². The first-order chi connectivity index (χ1) is 10.6. The Hall–Kier alpha value is -2.56. The van der Waals surface area contributed by atoms with E-state index in [2.05, 4.69) is 15.0 Å². The van der Waals surface area contributed by atoms with Crippen molar-refractivity contribution < 1.29 is 9.13 Å². The maximum Gasteiger partial charge on any atom is 0.243 e. The summed E-state index contributed by atoms with van der Waals surface area (Å²) in [6.07, 6.45) is 6.00. The topological polar surface area (TPSA) is 47.4 Å². The Balaban J connectivity index is 2.07. The number of benzene rings is 1. The van der Waals surface area contributed by atoms with Crippen molar-refractivity contribution in [2.75, 3.05) is 0 Å². The third-order valence-electron chi connectivity index (χ3n) is 3.18. The molecular weight excluding hydrogens is 281 g/mol. The summed E-state index contributed by atoms with van der Waals surface area (Å²) in [5, 5.41) is 0. The van der Waals surface area contributed by atoms with Crippen LogP contribution in [0.4, 0.5) is 10.1 Å². The Bertz CT molecular complexity index is 736. The number of hydrogen-bond acceptors (Lipinski definition) is 4. The van der Waals surface area contributed by atoms with Gasteiger partial charge in [0.15, 0.2) is 5.69 Å². The number of aromatic nitrogens is 2. The highest BCUT2D eigenvalue weighted by Gasteiger charge is 2.16. The molecule has 0 spiro atoms. The Kier molecular flexibility index (Phi) is 3.96. The van der Waals surface area contributed by atoms with Crippen molar-refractivity contribution >= 4 is 17.5 Å². The van der Waals surface area contributed by atoms with E-state index in [1.54, 1.807) is 12.1 Å². The van der Waals surface area contributed by atoms with Gasteiger partial charge in [0, 0.05) is 6.42 Å². The van der Waals surface area contributed by atoms with Gasteiger partial charge < -0.3 is 4.74 Å². The quantitative estimate of drug-likeness (QED) is 0.862. The van der Waals surface area contributed by atoms with Crippen molar-refractivity contribution in [1.29, 1.82) is 0 Å². The number of halogens is 1. The summed E-state index contributed by atoms with van der Waals surface area (Å²) in [5.74, 6) is 0.201. The molecule has 1 aromatic heterocycles. The van der Waals surface area contributed by atoms with Gasteiger partial charge in [-0.2, -0.15) is 4.98 Å². The molecule has 0 unspecified atom stereocenters. The largest absolute Gasteiger partial charge is 0.473 e. The van der Waals surface area contributed by atoms with Crippen LogP contribution in [0.15, 0.2) is 41.7 Å². The second-order valence-corrected chi connectivity index (χ2v) is 5.25. The molecule has 2 aromatic rings. The third kappa shape index (κ3) is 3.03. The lowest BCUT2D eigenvalue weighted by Crippen LogP contribution is -2.08. The van der Waals surface area contributed by atoms with Crippen LogP contribution in [0.1, 0.15) is 31.5 Å². The summed E-state index contributed by atoms with van der Waals surface area (Å²) >= 11 is 0. The minimum Gasteiger partial charge on any atom is -0.473 e. The van der Waals surface area contributed by atoms with Gasteiger partial charge in [-0.3, -0.25) is 0 Å². The van der Waals surface area contributed by atoms with Crippen LogP contribution in [0.2, 0.25) is 0 Å². The molecule has 5 heteroatoms. The number of hydrogen-bond donors (Lipinski definition) is 0. The number of fused-ring (bicyclic) bond motifs is 1. The highest BCUT2D eigenvalue weighted by Crippen LogP contribution is 2.32. The van der Waals surface area contributed by atoms with Crippen molar-refractivity contribution in [3.05, 3.63) is 53.7 Å². The van der Waals surface area contributed by atoms with Gasteiger partial charge in [0.2, 0.25) is 5.88 Å². The molecule has 0 radical (unpaired) electrons. The molecule has 0 aliphatic carbocycles. The summed E-state index contributed by atoms with van der Waals surface area (Å²) < 4.78 is 18.8. The molecule has 0 saturated heterocycles. The van der Waals surface area contributed by atoms with Crippen molar-refractivity contribution in [1.82, 2.24) is 9.97 Å². The van der Waals surface area contributed by atoms with E-state index in [9.17, 15) is 4.39 Å². The Morgan fingerprint density at radius 1 is 1.14 bits per heavy atom. The van der Waals surface area contributed by atoms with Crippen molar-refractivity contribution in [2.24, 2.45) is 4.99 Å². The number of allylic oxidation sites excluding steroid dienone is 1. The lowest BCUT2D eigenvalue weighted by atomic mass is 10.1. The average molecular weight is 297 g/mol. The lowest BCUT2D eigenvalue weighted by Gasteiger charge is -2.12. The van der Waals surface area contributed by atoms with E-state index in [1.807, 2.05) is 26.0 Å². The normalized spacial score (nSPS) is 13.5. The summed E-state index contributed by atoms with van der Waals surface area (Å²) in [6.45, 7) is 3.87. The van der Waals surface area contributed by atoms with Gasteiger partial charge in [0.05, 0.1) is 17.5 Å². The fourth-order valence-electron chi connectivity index (χ4n) is 2.20. The van der Waals surface area contributed by atoms with E-state index < -0.39 is 0 Å². The second kappa shape index (κ2) is 6.05. The number of nitrogens with zero attached hydrogens (tertiary/aromatic N) is 3. The van der Waals surface area contributed by atoms with E-state index in [-0.39, 0.29) is 11.9 Å². The van der Waals surface area contributed by atoms with Crippen molar-refractivity contribution in [3.63, 3.8) is 0 Å². The summed E-state index contributed by atoms with van der Waals surface area (Å²) in [7, 11) is 0. The van der Waals surface area contributed by atoms with Crippen LogP contribution in [0.25, 0.3) is 6.08 Å². The fourth-order valence-corrected chi connectivity index (χ4v) is 2.20. The molecule has 1 aliphatic heterocycles. The van der Waals surface area contributed by atoms with Crippen molar-refractivity contribution in [3.8, 4) is 5.88 Å². The van der Waals surface area contributed by atoms with E-state index >= 15 is 0 Å². The fraction of sp³-hybridized carbons (Fsp3) is 0.235. The predicted octanol–water partition coefficient (Wildman–Crippen LogP) is 3.94. The molecule has 0 fully saturated rings. The Labute approximate surface area is 128 Å². The molecule has 1 aliphatic rings. The van der Waals surface area contributed by atoms with Crippen LogP contribution in [0, 0.1) is 5.82 Å². The molecular formula is C17H16FN3O. The predicted molar refractivity (Wildman–Crippen MR) is 84.0 cm³/mol. The molecule has 3 rings (SSSR count). The molecule has 0 amide bonds. The molecule has 2 heterocycles. The van der Waals surface area contributed by atoms with E-state index in [0.717, 1.165) is 17.0 Å². The molecule has 0 atom stereocenters. The molecule has 112 valence electrons. The monoisotopic (exact) mass is 297 g/mol. The Morgan fingerprint density at radius 3 is 2.64 bits per heavy atom. The highest BCUT2D eigenvalue weighted by molar-refractivity contribution is 6.04. The first-order valence-electron chi connectivity index (χ1n) is 7.15. The van der Waals surface area contributed by atoms with Gasteiger partial charge in [-0.15, -0.1) is 0 Å². The highest BCUT2D eigenvalue weighted by atomic mass is 19.1. The molecule has 0 bridgehead atoms. The number of rotatable bonds is 3. The SMILES string of the molecule is CC(C)Oc1ncnc2c1N=C(c1ccc(F)cc1)CC=C2. The first kappa shape index (κ1) is 14.4. The van der Waals surface area contributed by atoms with Crippen LogP contribution in [-0.4, -0.2) is 21.8 Å². The Morgan fingerprint density at radius 2 is 1.91 bits per heavy atom. The third-order valence-corrected chi connectivity index (χ3v) is 3.18. The lowest BCUT2D eigenvalue weighted by molar-refractivity contribution is 0.233. The van der Waals surface area contributed by atoms with Crippen molar-refractivity contribution in [2.45, 2.75) is 26.4 Å². The molecule has 22 heavy (non-hydrogen) atoms. The zero-order valence-corrected chi connectivity index (χ0v) is 12.5. The first-order valence-corrected chi connectivity index (χ1v) is 7.15. The zero-order chi connectivity index (χ0) is 15.5. The summed E-state index contributed by atoms with van der Waals surface area (Å²) in [4.78, 5) is 13.1. The molecule has 0 N–H and O–H groups in total. The average Bonchev–Trinajstić information content (AvgIpc) is 2.71. The van der Waals surface area contributed by atoms with Crippen LogP contribution < -0.4 is 4.74 Å².